The van der Waals surface area contributed by atoms with Crippen LogP contribution < -0.4 is 11.1 Å². The van der Waals surface area contributed by atoms with Crippen LogP contribution in [0.4, 0.5) is 11.4 Å². The van der Waals surface area contributed by atoms with Crippen molar-refractivity contribution in [2.45, 2.75) is 19.9 Å². The number of nitrogen functional groups attached to an aromatic ring is 1. The number of methoxy groups -OCH3 is 1. The Morgan fingerprint density at radius 3 is 2.59 bits per heavy atom. The van der Waals surface area contributed by atoms with E-state index in [1.54, 1.807) is 12.1 Å². The molecule has 0 fully saturated rings. The van der Waals surface area contributed by atoms with Crippen LogP contribution in [0.1, 0.15) is 13.8 Å². The van der Waals surface area contributed by atoms with Crippen LogP contribution >= 0.6 is 15.9 Å². The molecular weight excluding hydrogens is 284 g/mol. The summed E-state index contributed by atoms with van der Waals surface area (Å²) in [5, 5.41) is 3.15. The Kier molecular flexibility index (Phi) is 4.81. The van der Waals surface area contributed by atoms with Gasteiger partial charge in [-0.05, 0) is 40.0 Å². The zero-order chi connectivity index (χ0) is 13.0. The van der Waals surface area contributed by atoms with Crippen LogP contribution in [-0.2, 0) is 9.53 Å². The van der Waals surface area contributed by atoms with Gasteiger partial charge in [-0.1, -0.05) is 13.8 Å². The molecule has 4 nitrogen and oxygen atoms in total. The highest BCUT2D eigenvalue weighted by Gasteiger charge is 2.23. The fraction of sp³-hybridized carbons (Fsp3) is 0.417. The maximum atomic E-state index is 11.6. The highest BCUT2D eigenvalue weighted by molar-refractivity contribution is 9.10. The molecule has 1 rings (SSSR count). The van der Waals surface area contributed by atoms with E-state index in [4.69, 9.17) is 10.5 Å². The van der Waals surface area contributed by atoms with E-state index in [-0.39, 0.29) is 17.9 Å². The molecule has 17 heavy (non-hydrogen) atoms. The fourth-order valence-corrected chi connectivity index (χ4v) is 1.95. The summed E-state index contributed by atoms with van der Waals surface area (Å²) in [6.45, 7) is 3.92. The predicted octanol–water partition coefficient (Wildman–Crippen LogP) is 2.64. The normalized spacial score (nSPS) is 12.3. The van der Waals surface area contributed by atoms with Gasteiger partial charge < -0.3 is 15.8 Å². The summed E-state index contributed by atoms with van der Waals surface area (Å²) in [7, 11) is 1.39. The van der Waals surface area contributed by atoms with Crippen molar-refractivity contribution in [2.75, 3.05) is 18.2 Å². The van der Waals surface area contributed by atoms with Gasteiger partial charge in [0.2, 0.25) is 0 Å². The highest BCUT2D eigenvalue weighted by Crippen LogP contribution is 2.26. The van der Waals surface area contributed by atoms with Crippen molar-refractivity contribution in [3.8, 4) is 0 Å². The summed E-state index contributed by atoms with van der Waals surface area (Å²) in [5.41, 5.74) is 7.15. The van der Waals surface area contributed by atoms with E-state index in [2.05, 4.69) is 21.2 Å². The first-order chi connectivity index (χ1) is 7.95. The Morgan fingerprint density at radius 1 is 1.47 bits per heavy atom. The van der Waals surface area contributed by atoms with Crippen LogP contribution in [-0.4, -0.2) is 19.1 Å². The second kappa shape index (κ2) is 5.91. The maximum absolute atomic E-state index is 11.6. The minimum Gasteiger partial charge on any atom is -0.467 e. The van der Waals surface area contributed by atoms with Crippen molar-refractivity contribution in [3.05, 3.63) is 22.7 Å². The Hall–Kier alpha value is -1.23. The lowest BCUT2D eigenvalue weighted by Crippen LogP contribution is -2.35. The number of nitrogens with two attached hydrogens (primary N) is 1. The monoisotopic (exact) mass is 300 g/mol. The number of halogens is 1. The van der Waals surface area contributed by atoms with Crippen LogP contribution in [0, 0.1) is 5.92 Å². The van der Waals surface area contributed by atoms with E-state index in [1.807, 2.05) is 19.9 Å². The summed E-state index contributed by atoms with van der Waals surface area (Å²) in [6.07, 6.45) is 0. The summed E-state index contributed by atoms with van der Waals surface area (Å²) in [4.78, 5) is 11.6. The fourth-order valence-electron chi connectivity index (χ4n) is 1.44. The molecule has 0 aromatic heterocycles. The van der Waals surface area contributed by atoms with Crippen molar-refractivity contribution >= 4 is 33.3 Å². The van der Waals surface area contributed by atoms with Crippen LogP contribution in [0.15, 0.2) is 22.7 Å². The third-order valence-corrected chi connectivity index (χ3v) is 3.08. The van der Waals surface area contributed by atoms with Crippen molar-refractivity contribution in [3.63, 3.8) is 0 Å². The first-order valence-corrected chi connectivity index (χ1v) is 6.14. The van der Waals surface area contributed by atoms with E-state index in [0.29, 0.717) is 5.69 Å². The van der Waals surface area contributed by atoms with Gasteiger partial charge in [0.25, 0.3) is 0 Å². The smallest absolute Gasteiger partial charge is 0.328 e. The number of hydrogen-bond donors (Lipinski definition) is 2. The van der Waals surface area contributed by atoms with E-state index < -0.39 is 0 Å². The number of hydrogen-bond acceptors (Lipinski definition) is 4. The molecule has 0 aliphatic heterocycles. The van der Waals surface area contributed by atoms with Gasteiger partial charge in [-0.25, -0.2) is 4.79 Å². The maximum Gasteiger partial charge on any atom is 0.328 e. The number of carbonyl (C=O) groups is 1. The number of benzene rings is 1. The summed E-state index contributed by atoms with van der Waals surface area (Å²) in [6, 6.07) is 5.02. The van der Waals surface area contributed by atoms with Crippen molar-refractivity contribution in [1.82, 2.24) is 0 Å². The van der Waals surface area contributed by atoms with Gasteiger partial charge in [0.05, 0.1) is 7.11 Å². The topological polar surface area (TPSA) is 64.3 Å². The second-order valence-corrected chi connectivity index (χ2v) is 4.98. The summed E-state index contributed by atoms with van der Waals surface area (Å²) < 4.78 is 5.59. The molecule has 0 aliphatic rings. The van der Waals surface area contributed by atoms with Gasteiger partial charge in [0.1, 0.15) is 6.04 Å². The standard InChI is InChI=1S/C12H17BrN2O2/c1-7(2)11(12(16)17-3)15-10-5-4-8(14)6-9(10)13/h4-7,11,15H,14H2,1-3H3. The van der Waals surface area contributed by atoms with Crippen molar-refractivity contribution in [2.24, 2.45) is 5.92 Å². The third-order valence-electron chi connectivity index (χ3n) is 2.43. The molecule has 1 atom stereocenters. The first kappa shape index (κ1) is 13.8. The Labute approximate surface area is 110 Å². The molecular formula is C12H17BrN2O2. The number of rotatable bonds is 4. The molecule has 0 bridgehead atoms. The average Bonchev–Trinajstić information content (AvgIpc) is 2.26. The molecule has 1 aromatic carbocycles. The first-order valence-electron chi connectivity index (χ1n) is 5.35. The van der Waals surface area contributed by atoms with Gasteiger partial charge in [-0.2, -0.15) is 0 Å². The third kappa shape index (κ3) is 3.63. The number of anilines is 2. The van der Waals surface area contributed by atoms with Crippen LogP contribution in [0.25, 0.3) is 0 Å². The second-order valence-electron chi connectivity index (χ2n) is 4.13. The van der Waals surface area contributed by atoms with Gasteiger partial charge in [0, 0.05) is 15.8 Å². The van der Waals surface area contributed by atoms with Crippen molar-refractivity contribution < 1.29 is 9.53 Å². The van der Waals surface area contributed by atoms with E-state index in [1.165, 1.54) is 7.11 Å². The van der Waals surface area contributed by atoms with Gasteiger partial charge in [-0.15, -0.1) is 0 Å². The van der Waals surface area contributed by atoms with E-state index >= 15 is 0 Å². The SMILES string of the molecule is COC(=O)C(Nc1ccc(N)cc1Br)C(C)C. The van der Waals surface area contributed by atoms with Gasteiger partial charge >= 0.3 is 5.97 Å². The molecule has 5 heteroatoms. The molecule has 1 aromatic rings. The van der Waals surface area contributed by atoms with Crippen LogP contribution in [0.5, 0.6) is 0 Å². The Morgan fingerprint density at radius 2 is 2.12 bits per heavy atom. The van der Waals surface area contributed by atoms with E-state index in [0.717, 1.165) is 10.2 Å². The number of carbonyl (C=O) groups excluding carboxylic acids is 1. The van der Waals surface area contributed by atoms with Crippen LogP contribution in [0.3, 0.4) is 0 Å². The summed E-state index contributed by atoms with van der Waals surface area (Å²) >= 11 is 3.40. The van der Waals surface area contributed by atoms with Crippen LogP contribution in [0.2, 0.25) is 0 Å². The molecule has 0 spiro atoms. The average molecular weight is 301 g/mol. The highest BCUT2D eigenvalue weighted by atomic mass is 79.9. The molecule has 0 saturated carbocycles. The predicted molar refractivity (Wildman–Crippen MR) is 72.8 cm³/mol. The molecule has 0 amide bonds. The Balaban J connectivity index is 2.90. The lowest BCUT2D eigenvalue weighted by atomic mass is 10.0. The molecule has 0 heterocycles. The Bertz CT molecular complexity index is 407. The minimum atomic E-state index is -0.375. The zero-order valence-electron chi connectivity index (χ0n) is 10.2. The molecule has 0 aliphatic carbocycles. The van der Waals surface area contributed by atoms with E-state index in [9.17, 15) is 4.79 Å². The molecule has 1 unspecified atom stereocenters. The van der Waals surface area contributed by atoms with Gasteiger partial charge in [-0.3, -0.25) is 0 Å². The number of nitrogens with one attached hydrogen (secondary N) is 1. The largest absolute Gasteiger partial charge is 0.467 e. The molecule has 0 radical (unpaired) electrons. The molecule has 0 saturated heterocycles. The molecule has 3 N–H and O–H groups in total. The number of ether oxygens (including phenoxy) is 1. The zero-order valence-corrected chi connectivity index (χ0v) is 11.7. The lowest BCUT2D eigenvalue weighted by Gasteiger charge is -2.21. The quantitative estimate of drug-likeness (QED) is 0.663. The minimum absolute atomic E-state index is 0.131. The lowest BCUT2D eigenvalue weighted by molar-refractivity contribution is -0.142. The molecule has 94 valence electrons. The van der Waals surface area contributed by atoms with Crippen molar-refractivity contribution in [1.29, 1.82) is 0 Å². The number of esters is 1. The summed E-state index contributed by atoms with van der Waals surface area (Å²) in [5.74, 6) is -0.143. The van der Waals surface area contributed by atoms with Gasteiger partial charge in [0.15, 0.2) is 0 Å².